The second kappa shape index (κ2) is 4.56. The van der Waals surface area contributed by atoms with Gasteiger partial charge >= 0.3 is 0 Å². The number of carbonyl (C=O) groups is 1. The lowest BCUT2D eigenvalue weighted by atomic mass is 9.95. The summed E-state index contributed by atoms with van der Waals surface area (Å²) in [5.74, 6) is 0.346. The van der Waals surface area contributed by atoms with E-state index in [9.17, 15) is 15.0 Å². The van der Waals surface area contributed by atoms with Gasteiger partial charge in [0.2, 0.25) is 0 Å². The minimum Gasteiger partial charge on any atom is -0.508 e. The molecule has 0 unspecified atom stereocenters. The number of benzene rings is 2. The van der Waals surface area contributed by atoms with Crippen molar-refractivity contribution in [2.24, 2.45) is 0 Å². The van der Waals surface area contributed by atoms with Crippen LogP contribution in [0.5, 0.6) is 17.2 Å². The average Bonchev–Trinajstić information content (AvgIpc) is 2.41. The smallest absolute Gasteiger partial charge is 0.174 e. The van der Waals surface area contributed by atoms with Crippen LogP contribution in [0.4, 0.5) is 0 Å². The molecule has 102 valence electrons. The number of carbonyl (C=O) groups excluding carboxylic acids is 1. The fourth-order valence-corrected chi connectivity index (χ4v) is 2.38. The highest BCUT2D eigenvalue weighted by atomic mass is 16.5. The number of hydrogen-bond donors (Lipinski definition) is 2. The van der Waals surface area contributed by atoms with Crippen LogP contribution in [-0.2, 0) is 0 Å². The maximum atomic E-state index is 12.1. The molecule has 1 aliphatic heterocycles. The van der Waals surface area contributed by atoms with Crippen molar-refractivity contribution in [1.82, 2.24) is 0 Å². The van der Waals surface area contributed by atoms with Gasteiger partial charge in [0.1, 0.15) is 28.9 Å². The molecule has 3 rings (SSSR count). The van der Waals surface area contributed by atoms with E-state index in [0.29, 0.717) is 5.75 Å². The van der Waals surface area contributed by atoms with Crippen LogP contribution in [0.1, 0.15) is 34.0 Å². The van der Waals surface area contributed by atoms with Crippen LogP contribution in [0.25, 0.3) is 0 Å². The minimum atomic E-state index is -0.441. The molecule has 1 aliphatic rings. The van der Waals surface area contributed by atoms with E-state index < -0.39 is 6.10 Å². The monoisotopic (exact) mass is 270 g/mol. The Morgan fingerprint density at radius 3 is 2.70 bits per heavy atom. The molecule has 0 spiro atoms. The van der Waals surface area contributed by atoms with E-state index in [2.05, 4.69) is 0 Å². The Balaban J connectivity index is 1.99. The van der Waals surface area contributed by atoms with Crippen LogP contribution in [-0.4, -0.2) is 16.0 Å². The number of Topliss-reactive ketones (excluding diaryl/α,β-unsaturated/α-hetero) is 1. The van der Waals surface area contributed by atoms with E-state index in [1.165, 1.54) is 6.07 Å². The highest BCUT2D eigenvalue weighted by Crippen LogP contribution is 2.39. The molecule has 0 aromatic heterocycles. The van der Waals surface area contributed by atoms with Crippen LogP contribution >= 0.6 is 0 Å². The molecule has 2 aromatic carbocycles. The number of phenols is 2. The highest BCUT2D eigenvalue weighted by Gasteiger charge is 2.30. The first-order valence-electron chi connectivity index (χ1n) is 6.37. The van der Waals surface area contributed by atoms with E-state index in [4.69, 9.17) is 4.74 Å². The zero-order valence-corrected chi connectivity index (χ0v) is 11.0. The summed E-state index contributed by atoms with van der Waals surface area (Å²) >= 11 is 0. The van der Waals surface area contributed by atoms with Crippen molar-refractivity contribution < 1.29 is 19.7 Å². The third-order valence-corrected chi connectivity index (χ3v) is 3.53. The van der Waals surface area contributed by atoms with Crippen LogP contribution in [0.2, 0.25) is 0 Å². The van der Waals surface area contributed by atoms with E-state index in [1.54, 1.807) is 31.2 Å². The van der Waals surface area contributed by atoms with Gasteiger partial charge in [0.15, 0.2) is 5.78 Å². The van der Waals surface area contributed by atoms with Crippen LogP contribution in [0.3, 0.4) is 0 Å². The van der Waals surface area contributed by atoms with Gasteiger partial charge in [0.25, 0.3) is 0 Å². The number of ketones is 1. The zero-order chi connectivity index (χ0) is 14.3. The molecule has 4 nitrogen and oxygen atoms in total. The highest BCUT2D eigenvalue weighted by molar-refractivity contribution is 6.02. The van der Waals surface area contributed by atoms with E-state index >= 15 is 0 Å². The summed E-state index contributed by atoms with van der Waals surface area (Å²) in [7, 11) is 0. The lowest BCUT2D eigenvalue weighted by Crippen LogP contribution is -2.20. The van der Waals surface area contributed by atoms with Crippen molar-refractivity contribution in [3.8, 4) is 17.2 Å². The van der Waals surface area contributed by atoms with Crippen molar-refractivity contribution in [3.63, 3.8) is 0 Å². The zero-order valence-electron chi connectivity index (χ0n) is 11.0. The Morgan fingerprint density at radius 1 is 1.15 bits per heavy atom. The lowest BCUT2D eigenvalue weighted by molar-refractivity contribution is 0.0845. The SMILES string of the molecule is Cc1ccc([C@H]2CC(=O)c3c(O)cccc3O2)cc1O. The van der Waals surface area contributed by atoms with Crippen molar-refractivity contribution >= 4 is 5.78 Å². The van der Waals surface area contributed by atoms with Crippen LogP contribution in [0, 0.1) is 6.92 Å². The molecule has 0 amide bonds. The summed E-state index contributed by atoms with van der Waals surface area (Å²) in [6, 6.07) is 10.0. The number of aryl methyl sites for hydroxylation is 1. The predicted molar refractivity (Wildman–Crippen MR) is 73.3 cm³/mol. The molecule has 2 N–H and O–H groups in total. The summed E-state index contributed by atoms with van der Waals surface area (Å²) in [6.07, 6.45) is -0.295. The predicted octanol–water partition coefficient (Wildman–Crippen LogP) is 3.11. The summed E-state index contributed by atoms with van der Waals surface area (Å²) in [5, 5.41) is 19.5. The van der Waals surface area contributed by atoms with Crippen molar-refractivity contribution in [3.05, 3.63) is 53.1 Å². The molecule has 0 aliphatic carbocycles. The molecule has 0 bridgehead atoms. The molecule has 20 heavy (non-hydrogen) atoms. The van der Waals surface area contributed by atoms with Gasteiger partial charge in [-0.2, -0.15) is 0 Å². The number of ether oxygens (including phenoxy) is 1. The van der Waals surface area contributed by atoms with Gasteiger partial charge in [0, 0.05) is 0 Å². The topological polar surface area (TPSA) is 66.8 Å². The first kappa shape index (κ1) is 12.5. The quantitative estimate of drug-likeness (QED) is 0.835. The molecule has 2 aromatic rings. The van der Waals surface area contributed by atoms with Crippen molar-refractivity contribution in [2.75, 3.05) is 0 Å². The molecule has 0 fully saturated rings. The molecule has 0 saturated carbocycles. The fraction of sp³-hybridized carbons (Fsp3) is 0.188. The number of rotatable bonds is 1. The first-order chi connectivity index (χ1) is 9.56. The molecule has 0 radical (unpaired) electrons. The number of phenolic OH excluding ortho intramolecular Hbond substituents is 2. The van der Waals surface area contributed by atoms with E-state index in [1.807, 2.05) is 6.07 Å². The fourth-order valence-electron chi connectivity index (χ4n) is 2.38. The third-order valence-electron chi connectivity index (χ3n) is 3.53. The maximum absolute atomic E-state index is 12.1. The van der Waals surface area contributed by atoms with Gasteiger partial charge in [-0.05, 0) is 36.2 Å². The molecule has 0 saturated heterocycles. The second-order valence-electron chi connectivity index (χ2n) is 4.93. The standard InChI is InChI=1S/C16H14O4/c1-9-5-6-10(7-12(9)18)15-8-13(19)16-11(17)3-2-4-14(16)20-15/h2-7,15,17-18H,8H2,1H3/t15-/m1/s1. The van der Waals surface area contributed by atoms with Crippen molar-refractivity contribution in [1.29, 1.82) is 0 Å². The summed E-state index contributed by atoms with van der Waals surface area (Å²) in [4.78, 5) is 12.1. The summed E-state index contributed by atoms with van der Waals surface area (Å²) in [5.41, 5.74) is 1.75. The van der Waals surface area contributed by atoms with Gasteiger partial charge < -0.3 is 14.9 Å². The van der Waals surface area contributed by atoms with Gasteiger partial charge in [0.05, 0.1) is 6.42 Å². The van der Waals surface area contributed by atoms with Gasteiger partial charge in [-0.25, -0.2) is 0 Å². The molecular weight excluding hydrogens is 256 g/mol. The minimum absolute atomic E-state index is 0.0577. The normalized spacial score (nSPS) is 17.4. The van der Waals surface area contributed by atoms with E-state index in [-0.39, 0.29) is 29.3 Å². The van der Waals surface area contributed by atoms with Gasteiger partial charge in [-0.3, -0.25) is 4.79 Å². The molecular formula is C16H14O4. The average molecular weight is 270 g/mol. The van der Waals surface area contributed by atoms with Gasteiger partial charge in [-0.15, -0.1) is 0 Å². The first-order valence-corrected chi connectivity index (χ1v) is 6.37. The molecule has 4 heteroatoms. The number of fused-ring (bicyclic) bond motifs is 1. The number of hydrogen-bond acceptors (Lipinski definition) is 4. The largest absolute Gasteiger partial charge is 0.508 e. The van der Waals surface area contributed by atoms with Crippen molar-refractivity contribution in [2.45, 2.75) is 19.4 Å². The van der Waals surface area contributed by atoms with Gasteiger partial charge in [-0.1, -0.05) is 18.2 Å². The second-order valence-corrected chi connectivity index (χ2v) is 4.93. The number of aromatic hydroxyl groups is 2. The molecule has 1 heterocycles. The third kappa shape index (κ3) is 1.99. The Kier molecular flexibility index (Phi) is 2.86. The van der Waals surface area contributed by atoms with Crippen LogP contribution < -0.4 is 4.74 Å². The Morgan fingerprint density at radius 2 is 1.95 bits per heavy atom. The Bertz CT molecular complexity index is 691. The Hall–Kier alpha value is -2.49. The maximum Gasteiger partial charge on any atom is 0.174 e. The van der Waals surface area contributed by atoms with E-state index in [0.717, 1.165) is 11.1 Å². The Labute approximate surface area is 116 Å². The molecule has 1 atom stereocenters. The van der Waals surface area contributed by atoms with Crippen LogP contribution in [0.15, 0.2) is 36.4 Å². The lowest BCUT2D eigenvalue weighted by Gasteiger charge is -2.26. The summed E-state index contributed by atoms with van der Waals surface area (Å²) < 4.78 is 5.77. The summed E-state index contributed by atoms with van der Waals surface area (Å²) in [6.45, 7) is 1.80.